The van der Waals surface area contributed by atoms with Crippen molar-refractivity contribution in [3.8, 4) is 5.75 Å². The van der Waals surface area contributed by atoms with Crippen molar-refractivity contribution >= 4 is 11.8 Å². The molecular weight excluding hydrogens is 340 g/mol. The van der Waals surface area contributed by atoms with Crippen LogP contribution in [0.1, 0.15) is 38.3 Å². The number of nitrogens with zero attached hydrogens (tertiary/aromatic N) is 2. The lowest BCUT2D eigenvalue weighted by Crippen LogP contribution is -2.37. The highest BCUT2D eigenvalue weighted by molar-refractivity contribution is 5.97. The van der Waals surface area contributed by atoms with Gasteiger partial charge in [0.05, 0.1) is 12.7 Å². The number of rotatable bonds is 3. The van der Waals surface area contributed by atoms with E-state index in [0.29, 0.717) is 43.1 Å². The summed E-state index contributed by atoms with van der Waals surface area (Å²) in [4.78, 5) is 29.4. The van der Waals surface area contributed by atoms with Gasteiger partial charge in [-0.25, -0.2) is 0 Å². The van der Waals surface area contributed by atoms with Crippen LogP contribution in [0.2, 0.25) is 0 Å². The molecule has 2 amide bonds. The van der Waals surface area contributed by atoms with Gasteiger partial charge in [0.2, 0.25) is 0 Å². The summed E-state index contributed by atoms with van der Waals surface area (Å²) in [5, 5.41) is 0. The van der Waals surface area contributed by atoms with Gasteiger partial charge in [0, 0.05) is 31.7 Å². The Morgan fingerprint density at radius 2 is 1.44 bits per heavy atom. The third-order valence-corrected chi connectivity index (χ3v) is 5.14. The van der Waals surface area contributed by atoms with Gasteiger partial charge in [0.25, 0.3) is 11.8 Å². The quantitative estimate of drug-likeness (QED) is 0.837. The molecule has 0 aliphatic carbocycles. The van der Waals surface area contributed by atoms with Crippen molar-refractivity contribution in [2.24, 2.45) is 0 Å². The molecule has 2 aromatic rings. The van der Waals surface area contributed by atoms with Crippen LogP contribution < -0.4 is 4.74 Å². The summed E-state index contributed by atoms with van der Waals surface area (Å²) in [7, 11) is 1.59. The van der Waals surface area contributed by atoms with Gasteiger partial charge in [-0.1, -0.05) is 18.2 Å². The van der Waals surface area contributed by atoms with E-state index in [9.17, 15) is 9.59 Å². The molecule has 1 heterocycles. The van der Waals surface area contributed by atoms with Crippen LogP contribution in [-0.4, -0.2) is 54.9 Å². The van der Waals surface area contributed by atoms with E-state index >= 15 is 0 Å². The topological polar surface area (TPSA) is 49.9 Å². The summed E-state index contributed by atoms with van der Waals surface area (Å²) in [5.74, 6) is 0.585. The molecule has 1 aliphatic rings. The second-order valence-corrected chi connectivity index (χ2v) is 6.94. The van der Waals surface area contributed by atoms with Gasteiger partial charge in [-0.3, -0.25) is 9.59 Å². The van der Waals surface area contributed by atoms with Gasteiger partial charge in [0.15, 0.2) is 0 Å². The maximum Gasteiger partial charge on any atom is 0.257 e. The van der Waals surface area contributed by atoms with Crippen molar-refractivity contribution in [1.82, 2.24) is 9.80 Å². The maximum atomic E-state index is 13.1. The van der Waals surface area contributed by atoms with E-state index in [-0.39, 0.29) is 11.8 Å². The largest absolute Gasteiger partial charge is 0.496 e. The molecule has 1 saturated heterocycles. The van der Waals surface area contributed by atoms with Crippen LogP contribution >= 0.6 is 0 Å². The molecule has 3 rings (SSSR count). The normalized spacial score (nSPS) is 14.6. The van der Waals surface area contributed by atoms with E-state index in [1.165, 1.54) is 0 Å². The third-order valence-electron chi connectivity index (χ3n) is 5.14. The Hall–Kier alpha value is -2.82. The molecule has 1 fully saturated rings. The fourth-order valence-electron chi connectivity index (χ4n) is 3.38. The van der Waals surface area contributed by atoms with Crippen LogP contribution in [0.5, 0.6) is 5.75 Å². The molecule has 142 valence electrons. The van der Waals surface area contributed by atoms with E-state index in [1.54, 1.807) is 7.11 Å². The lowest BCUT2D eigenvalue weighted by atomic mass is 10.0. The molecule has 0 aromatic heterocycles. The van der Waals surface area contributed by atoms with Crippen molar-refractivity contribution in [2.75, 3.05) is 33.3 Å². The average Bonchev–Trinajstić information content (AvgIpc) is 2.95. The fourth-order valence-corrected chi connectivity index (χ4v) is 3.38. The van der Waals surface area contributed by atoms with Crippen molar-refractivity contribution < 1.29 is 14.3 Å². The molecular formula is C22H26N2O3. The molecule has 0 radical (unpaired) electrons. The van der Waals surface area contributed by atoms with Gasteiger partial charge in [-0.2, -0.15) is 0 Å². The minimum atomic E-state index is -0.0380. The molecule has 5 nitrogen and oxygen atoms in total. The van der Waals surface area contributed by atoms with Gasteiger partial charge in [-0.05, 0) is 55.7 Å². The Kier molecular flexibility index (Phi) is 5.79. The molecule has 27 heavy (non-hydrogen) atoms. The monoisotopic (exact) mass is 366 g/mol. The minimum Gasteiger partial charge on any atom is -0.496 e. The first-order valence-electron chi connectivity index (χ1n) is 9.30. The number of carbonyl (C=O) groups is 2. The first kappa shape index (κ1) is 19.0. The summed E-state index contributed by atoms with van der Waals surface area (Å²) in [6.45, 7) is 6.34. The third kappa shape index (κ3) is 4.13. The summed E-state index contributed by atoms with van der Waals surface area (Å²) < 4.78 is 5.43. The maximum absolute atomic E-state index is 13.1. The predicted octanol–water partition coefficient (Wildman–Crippen LogP) is 3.30. The van der Waals surface area contributed by atoms with Gasteiger partial charge < -0.3 is 14.5 Å². The Labute approximate surface area is 160 Å². The molecule has 0 saturated carbocycles. The standard InChI is InChI=1S/C22H26N2O3/c1-16-14-19(20(27-3)15-17(16)2)22(26)24-11-7-10-23(12-13-24)21(25)18-8-5-4-6-9-18/h4-6,8-9,14-15H,7,10-13H2,1-3H3. The van der Waals surface area contributed by atoms with E-state index in [0.717, 1.165) is 17.5 Å². The summed E-state index contributed by atoms with van der Waals surface area (Å²) in [5.41, 5.74) is 3.44. The molecule has 0 bridgehead atoms. The predicted molar refractivity (Wildman–Crippen MR) is 105 cm³/mol. The number of hydrogen-bond acceptors (Lipinski definition) is 3. The molecule has 0 N–H and O–H groups in total. The molecule has 5 heteroatoms. The first-order chi connectivity index (χ1) is 13.0. The molecule has 1 aliphatic heterocycles. The van der Waals surface area contributed by atoms with E-state index < -0.39 is 0 Å². The second kappa shape index (κ2) is 8.25. The highest BCUT2D eigenvalue weighted by Crippen LogP contribution is 2.25. The van der Waals surface area contributed by atoms with Gasteiger partial charge >= 0.3 is 0 Å². The summed E-state index contributed by atoms with van der Waals surface area (Å²) in [6.07, 6.45) is 0.761. The van der Waals surface area contributed by atoms with Crippen LogP contribution in [0.4, 0.5) is 0 Å². The van der Waals surface area contributed by atoms with Gasteiger partial charge in [0.1, 0.15) is 5.75 Å². The zero-order valence-electron chi connectivity index (χ0n) is 16.2. The van der Waals surface area contributed by atoms with Crippen molar-refractivity contribution in [3.63, 3.8) is 0 Å². The average molecular weight is 366 g/mol. The highest BCUT2D eigenvalue weighted by atomic mass is 16.5. The van der Waals surface area contributed by atoms with Crippen molar-refractivity contribution in [1.29, 1.82) is 0 Å². The second-order valence-electron chi connectivity index (χ2n) is 6.94. The Morgan fingerprint density at radius 3 is 2.07 bits per heavy atom. The van der Waals surface area contributed by atoms with Crippen molar-refractivity contribution in [3.05, 3.63) is 64.7 Å². The number of aryl methyl sites for hydroxylation is 2. The van der Waals surface area contributed by atoms with Crippen LogP contribution in [-0.2, 0) is 0 Å². The van der Waals surface area contributed by atoms with Crippen LogP contribution in [0, 0.1) is 13.8 Å². The summed E-state index contributed by atoms with van der Waals surface area (Å²) >= 11 is 0. The lowest BCUT2D eigenvalue weighted by molar-refractivity contribution is 0.0717. The molecule has 0 unspecified atom stereocenters. The molecule has 2 aromatic carbocycles. The highest BCUT2D eigenvalue weighted by Gasteiger charge is 2.25. The first-order valence-corrected chi connectivity index (χ1v) is 9.30. The molecule has 0 spiro atoms. The van der Waals surface area contributed by atoms with Crippen LogP contribution in [0.3, 0.4) is 0 Å². The van der Waals surface area contributed by atoms with E-state index in [4.69, 9.17) is 4.74 Å². The number of methoxy groups -OCH3 is 1. The Bertz CT molecular complexity index is 833. The number of hydrogen-bond donors (Lipinski definition) is 0. The lowest BCUT2D eigenvalue weighted by Gasteiger charge is -2.23. The minimum absolute atomic E-state index is 0.0219. The van der Waals surface area contributed by atoms with Gasteiger partial charge in [-0.15, -0.1) is 0 Å². The Morgan fingerprint density at radius 1 is 0.852 bits per heavy atom. The number of benzene rings is 2. The number of carbonyl (C=O) groups excluding carboxylic acids is 2. The Balaban J connectivity index is 1.74. The number of ether oxygens (including phenoxy) is 1. The SMILES string of the molecule is COc1cc(C)c(C)cc1C(=O)N1CCCN(C(=O)c2ccccc2)CC1. The van der Waals surface area contributed by atoms with E-state index in [2.05, 4.69) is 0 Å². The zero-order valence-corrected chi connectivity index (χ0v) is 16.2. The fraction of sp³-hybridized carbons (Fsp3) is 0.364. The van der Waals surface area contributed by atoms with Crippen molar-refractivity contribution in [2.45, 2.75) is 20.3 Å². The number of amides is 2. The van der Waals surface area contributed by atoms with Crippen LogP contribution in [0.15, 0.2) is 42.5 Å². The smallest absolute Gasteiger partial charge is 0.257 e. The molecule has 0 atom stereocenters. The van der Waals surface area contributed by atoms with E-state index in [1.807, 2.05) is 66.1 Å². The van der Waals surface area contributed by atoms with Crippen LogP contribution in [0.25, 0.3) is 0 Å². The summed E-state index contributed by atoms with van der Waals surface area (Å²) in [6, 6.07) is 13.1. The zero-order chi connectivity index (χ0) is 19.4.